The van der Waals surface area contributed by atoms with Crippen LogP contribution in [-0.2, 0) is 4.79 Å². The molecule has 1 amide bonds. The molecule has 0 aliphatic rings. The van der Waals surface area contributed by atoms with Gasteiger partial charge in [0.05, 0.1) is 5.69 Å². The standard InChI is InChI=1S/C9H10Br2N2O/c10-6-2-1-3-7(11)9(6)13-8(14)4-5-12/h1-3H,4-5,12H2,(H,13,14). The van der Waals surface area contributed by atoms with Crippen molar-refractivity contribution in [2.24, 2.45) is 5.73 Å². The fourth-order valence-electron chi connectivity index (χ4n) is 0.950. The number of carbonyl (C=O) groups is 1. The number of rotatable bonds is 3. The summed E-state index contributed by atoms with van der Waals surface area (Å²) in [6.07, 6.45) is 0.327. The third kappa shape index (κ3) is 3.08. The zero-order chi connectivity index (χ0) is 10.6. The van der Waals surface area contributed by atoms with Gasteiger partial charge < -0.3 is 11.1 Å². The largest absolute Gasteiger partial charge is 0.330 e. The van der Waals surface area contributed by atoms with Crippen LogP contribution in [0.5, 0.6) is 0 Å². The smallest absolute Gasteiger partial charge is 0.225 e. The van der Waals surface area contributed by atoms with E-state index in [-0.39, 0.29) is 5.91 Å². The molecule has 14 heavy (non-hydrogen) atoms. The van der Waals surface area contributed by atoms with Gasteiger partial charge in [-0.25, -0.2) is 0 Å². The van der Waals surface area contributed by atoms with Crippen LogP contribution in [0, 0.1) is 0 Å². The number of halogens is 2. The fourth-order valence-corrected chi connectivity index (χ4v) is 2.15. The summed E-state index contributed by atoms with van der Waals surface area (Å²) in [7, 11) is 0. The highest BCUT2D eigenvalue weighted by Crippen LogP contribution is 2.30. The molecule has 0 aliphatic carbocycles. The predicted molar refractivity (Wildman–Crippen MR) is 64.1 cm³/mol. The first-order valence-corrected chi connectivity index (χ1v) is 5.67. The molecule has 1 aromatic carbocycles. The minimum absolute atomic E-state index is 0.0832. The predicted octanol–water partition coefficient (Wildman–Crippen LogP) is 2.50. The second kappa shape index (κ2) is 5.48. The molecular weight excluding hydrogens is 312 g/mol. The van der Waals surface area contributed by atoms with Crippen molar-refractivity contribution in [3.63, 3.8) is 0 Å². The maximum absolute atomic E-state index is 11.3. The van der Waals surface area contributed by atoms with Crippen LogP contribution in [0.2, 0.25) is 0 Å². The Morgan fingerprint density at radius 1 is 1.36 bits per heavy atom. The number of hydrogen-bond acceptors (Lipinski definition) is 2. The van der Waals surface area contributed by atoms with E-state index >= 15 is 0 Å². The van der Waals surface area contributed by atoms with Crippen molar-refractivity contribution < 1.29 is 4.79 Å². The Morgan fingerprint density at radius 2 is 1.93 bits per heavy atom. The number of para-hydroxylation sites is 1. The molecule has 3 nitrogen and oxygen atoms in total. The van der Waals surface area contributed by atoms with E-state index < -0.39 is 0 Å². The Kier molecular flexibility index (Phi) is 4.57. The zero-order valence-corrected chi connectivity index (χ0v) is 10.6. The van der Waals surface area contributed by atoms with Crippen molar-refractivity contribution >= 4 is 43.5 Å². The van der Waals surface area contributed by atoms with Gasteiger partial charge in [-0.3, -0.25) is 4.79 Å². The quantitative estimate of drug-likeness (QED) is 0.898. The van der Waals surface area contributed by atoms with E-state index in [4.69, 9.17) is 5.73 Å². The third-order valence-corrected chi connectivity index (χ3v) is 2.92. The number of anilines is 1. The fraction of sp³-hybridized carbons (Fsp3) is 0.222. The number of amides is 1. The van der Waals surface area contributed by atoms with E-state index in [1.54, 1.807) is 0 Å². The van der Waals surface area contributed by atoms with Gasteiger partial charge in [-0.15, -0.1) is 0 Å². The molecule has 0 fully saturated rings. The van der Waals surface area contributed by atoms with Crippen molar-refractivity contribution in [3.8, 4) is 0 Å². The van der Waals surface area contributed by atoms with Crippen molar-refractivity contribution in [2.45, 2.75) is 6.42 Å². The van der Waals surface area contributed by atoms with Gasteiger partial charge in [-0.05, 0) is 44.0 Å². The molecule has 0 aromatic heterocycles. The first-order chi connectivity index (χ1) is 6.65. The first kappa shape index (κ1) is 11.7. The lowest BCUT2D eigenvalue weighted by Crippen LogP contribution is -2.16. The topological polar surface area (TPSA) is 55.1 Å². The van der Waals surface area contributed by atoms with Gasteiger partial charge >= 0.3 is 0 Å². The Bertz CT molecular complexity index is 321. The van der Waals surface area contributed by atoms with Crippen LogP contribution < -0.4 is 11.1 Å². The molecule has 5 heteroatoms. The summed E-state index contributed by atoms with van der Waals surface area (Å²) in [6.45, 7) is 0.355. The van der Waals surface area contributed by atoms with Gasteiger partial charge in [-0.2, -0.15) is 0 Å². The Balaban J connectivity index is 2.80. The summed E-state index contributed by atoms with van der Waals surface area (Å²) in [5, 5.41) is 2.77. The van der Waals surface area contributed by atoms with E-state index in [0.29, 0.717) is 13.0 Å². The van der Waals surface area contributed by atoms with Gasteiger partial charge in [0.1, 0.15) is 0 Å². The summed E-state index contributed by atoms with van der Waals surface area (Å²) in [4.78, 5) is 11.3. The monoisotopic (exact) mass is 320 g/mol. The zero-order valence-electron chi connectivity index (χ0n) is 7.39. The van der Waals surface area contributed by atoms with E-state index in [1.165, 1.54) is 0 Å². The number of nitrogens with one attached hydrogen (secondary N) is 1. The highest BCUT2D eigenvalue weighted by atomic mass is 79.9. The molecule has 1 aromatic rings. The molecule has 1 rings (SSSR count). The average molecular weight is 322 g/mol. The lowest BCUT2D eigenvalue weighted by molar-refractivity contribution is -0.116. The van der Waals surface area contributed by atoms with Crippen molar-refractivity contribution in [1.82, 2.24) is 0 Å². The van der Waals surface area contributed by atoms with Crippen molar-refractivity contribution in [1.29, 1.82) is 0 Å². The second-order valence-corrected chi connectivity index (χ2v) is 4.39. The molecular formula is C9H10Br2N2O. The number of carbonyl (C=O) groups excluding carboxylic acids is 1. The van der Waals surface area contributed by atoms with Crippen LogP contribution in [-0.4, -0.2) is 12.5 Å². The van der Waals surface area contributed by atoms with Crippen LogP contribution in [0.25, 0.3) is 0 Å². The normalized spacial score (nSPS) is 9.93. The van der Waals surface area contributed by atoms with Crippen LogP contribution in [0.1, 0.15) is 6.42 Å². The number of nitrogens with two attached hydrogens (primary N) is 1. The summed E-state index contributed by atoms with van der Waals surface area (Å²) >= 11 is 6.70. The minimum atomic E-state index is -0.0832. The van der Waals surface area contributed by atoms with E-state index in [9.17, 15) is 4.79 Å². The van der Waals surface area contributed by atoms with Crippen LogP contribution in [0.3, 0.4) is 0 Å². The lowest BCUT2D eigenvalue weighted by atomic mass is 10.3. The molecule has 0 unspecified atom stereocenters. The van der Waals surface area contributed by atoms with Crippen molar-refractivity contribution in [3.05, 3.63) is 27.1 Å². The lowest BCUT2D eigenvalue weighted by Gasteiger charge is -2.08. The Morgan fingerprint density at radius 3 is 2.43 bits per heavy atom. The van der Waals surface area contributed by atoms with Crippen molar-refractivity contribution in [2.75, 3.05) is 11.9 Å². The first-order valence-electron chi connectivity index (χ1n) is 4.09. The van der Waals surface area contributed by atoms with E-state index in [1.807, 2.05) is 18.2 Å². The molecule has 0 heterocycles. The maximum Gasteiger partial charge on any atom is 0.225 e. The molecule has 0 spiro atoms. The highest BCUT2D eigenvalue weighted by Gasteiger charge is 2.07. The highest BCUT2D eigenvalue weighted by molar-refractivity contribution is 9.11. The minimum Gasteiger partial charge on any atom is -0.330 e. The maximum atomic E-state index is 11.3. The summed E-state index contributed by atoms with van der Waals surface area (Å²) in [6, 6.07) is 5.61. The van der Waals surface area contributed by atoms with Gasteiger partial charge in [0.15, 0.2) is 0 Å². The van der Waals surface area contributed by atoms with Gasteiger partial charge in [-0.1, -0.05) is 6.07 Å². The summed E-state index contributed by atoms with van der Waals surface area (Å²) < 4.78 is 1.69. The number of benzene rings is 1. The molecule has 0 atom stereocenters. The summed E-state index contributed by atoms with van der Waals surface area (Å²) in [5.74, 6) is -0.0832. The Hall–Kier alpha value is -0.390. The molecule has 0 radical (unpaired) electrons. The number of hydrogen-bond donors (Lipinski definition) is 2. The van der Waals surface area contributed by atoms with Crippen LogP contribution in [0.4, 0.5) is 5.69 Å². The van der Waals surface area contributed by atoms with E-state index in [2.05, 4.69) is 37.2 Å². The molecule has 0 saturated heterocycles. The molecule has 76 valence electrons. The SMILES string of the molecule is NCCC(=O)Nc1c(Br)cccc1Br. The van der Waals surface area contributed by atoms with Crippen LogP contribution >= 0.6 is 31.9 Å². The molecule has 0 bridgehead atoms. The van der Waals surface area contributed by atoms with Crippen LogP contribution in [0.15, 0.2) is 27.1 Å². The average Bonchev–Trinajstić information content (AvgIpc) is 2.12. The second-order valence-electron chi connectivity index (χ2n) is 2.68. The van der Waals surface area contributed by atoms with Gasteiger partial charge in [0, 0.05) is 21.9 Å². The van der Waals surface area contributed by atoms with E-state index in [0.717, 1.165) is 14.6 Å². The van der Waals surface area contributed by atoms with Gasteiger partial charge in [0.2, 0.25) is 5.91 Å². The molecule has 0 saturated carbocycles. The van der Waals surface area contributed by atoms with Gasteiger partial charge in [0.25, 0.3) is 0 Å². The third-order valence-electron chi connectivity index (χ3n) is 1.60. The molecule has 0 aliphatic heterocycles. The summed E-state index contributed by atoms with van der Waals surface area (Å²) in [5.41, 5.74) is 6.02. The Labute approximate surface area is 99.3 Å². The molecule has 3 N–H and O–H groups in total.